The molecule has 0 heterocycles. The van der Waals surface area contributed by atoms with Crippen LogP contribution in [0.2, 0.25) is 0 Å². The summed E-state index contributed by atoms with van der Waals surface area (Å²) in [6.45, 7) is 0. The van der Waals surface area contributed by atoms with Gasteiger partial charge in [0.1, 0.15) is 0 Å². The van der Waals surface area contributed by atoms with Crippen molar-refractivity contribution in [2.75, 3.05) is 0 Å². The molecule has 0 fully saturated rings. The molecule has 0 radical (unpaired) electrons. The first-order valence-corrected chi connectivity index (χ1v) is 7.21. The number of halogens is 2. The van der Waals surface area contributed by atoms with Crippen molar-refractivity contribution < 1.29 is 3.63 Å². The lowest BCUT2D eigenvalue weighted by molar-refractivity contribution is 0.788. The van der Waals surface area contributed by atoms with Gasteiger partial charge in [-0.25, -0.2) is 3.63 Å². The zero-order chi connectivity index (χ0) is 4.12. The van der Waals surface area contributed by atoms with Gasteiger partial charge in [0.15, 0.2) is 0 Å². The fraction of sp³-hybridized carbons (Fsp3) is 0. The molecule has 0 atom stereocenters. The van der Waals surface area contributed by atoms with Crippen LogP contribution in [0.5, 0.6) is 0 Å². The Bertz CT molecular complexity index is 15.1. The van der Waals surface area contributed by atoms with Crippen molar-refractivity contribution >= 4 is 60.8 Å². The van der Waals surface area contributed by atoms with Crippen LogP contribution < -0.4 is 0 Å². The largest absolute Gasteiger partial charge is 0.225 e. The van der Waals surface area contributed by atoms with E-state index in [2.05, 4.69) is 46.0 Å². The Morgan fingerprint density at radius 1 is 1.20 bits per heavy atom. The second-order valence-electron chi connectivity index (χ2n) is 0.194. The molecular weight excluding hydrogens is 334 g/mol. The molecule has 0 rings (SSSR count). The molecule has 5 heteroatoms. The molecule has 5 heavy (non-hydrogen) atoms. The fourth-order valence-corrected chi connectivity index (χ4v) is 3.94. The summed E-state index contributed by atoms with van der Waals surface area (Å²) in [4.78, 5) is 0. The minimum Gasteiger partial charge on any atom is -0.225 e. The maximum absolute atomic E-state index is 4.64. The molecule has 0 bridgehead atoms. The Morgan fingerprint density at radius 3 is 1.60 bits per heavy atom. The Morgan fingerprint density at radius 2 is 1.60 bits per heavy atom. The average Bonchev–Trinajstić information content (AvgIpc) is 1.41. The topological polar surface area (TPSA) is 9.23 Å². The van der Waals surface area contributed by atoms with Crippen LogP contribution in [-0.2, 0) is 3.63 Å². The maximum Gasteiger partial charge on any atom is 0.0816 e. The summed E-state index contributed by atoms with van der Waals surface area (Å²) in [5.74, 6) is 0. The van der Waals surface area contributed by atoms with Gasteiger partial charge in [-0.15, -0.1) is 0 Å². The minimum absolute atomic E-state index is 1.33. The van der Waals surface area contributed by atoms with E-state index in [1.807, 2.05) is 0 Å². The third-order valence-electron chi connectivity index (χ3n) is 0.0514. The van der Waals surface area contributed by atoms with Crippen molar-refractivity contribution in [1.29, 1.82) is 0 Å². The first-order valence-electron chi connectivity index (χ1n) is 0.642. The number of hydrogen-bond donors (Lipinski definition) is 0. The second kappa shape index (κ2) is 6.12. The van der Waals surface area contributed by atoms with Crippen molar-refractivity contribution in [2.24, 2.45) is 0 Å². The summed E-state index contributed by atoms with van der Waals surface area (Å²) in [6.07, 6.45) is 0. The van der Waals surface area contributed by atoms with Crippen LogP contribution in [0.4, 0.5) is 0 Å². The van der Waals surface area contributed by atoms with Crippen molar-refractivity contribution in [2.45, 2.75) is 0 Å². The predicted molar refractivity (Wildman–Crippen MR) is 44.3 cm³/mol. The lowest BCUT2D eigenvalue weighted by Gasteiger charge is -1.77. The van der Waals surface area contributed by atoms with Crippen LogP contribution in [0.15, 0.2) is 0 Å². The zero-order valence-electron chi connectivity index (χ0n) is 1.98. The Balaban J connectivity index is 2.19. The van der Waals surface area contributed by atoms with Crippen LogP contribution in [0.25, 0.3) is 0 Å². The predicted octanol–water partition coefficient (Wildman–Crippen LogP) is 3.00. The highest BCUT2D eigenvalue weighted by atomic mass is 127. The normalized spacial score (nSPS) is 8.40. The fourth-order valence-electron chi connectivity index (χ4n) is 0.00972. The summed E-state index contributed by atoms with van der Waals surface area (Å²) in [5.41, 5.74) is 0. The van der Waals surface area contributed by atoms with Crippen molar-refractivity contribution in [3.8, 4) is 0 Å². The molecule has 0 aromatic carbocycles. The SMILES string of the molecule is ISOSI. The van der Waals surface area contributed by atoms with E-state index in [-0.39, 0.29) is 0 Å². The van der Waals surface area contributed by atoms with E-state index in [0.717, 1.165) is 0 Å². The van der Waals surface area contributed by atoms with Gasteiger partial charge in [0, 0.05) is 42.4 Å². The Kier molecular flexibility index (Phi) is 8.71. The molecule has 0 amide bonds. The number of rotatable bonds is 2. The monoisotopic (exact) mass is 334 g/mol. The van der Waals surface area contributed by atoms with Gasteiger partial charge in [-0.2, -0.15) is 0 Å². The second-order valence-corrected chi connectivity index (χ2v) is 3.15. The average molecular weight is 334 g/mol. The molecule has 1 nitrogen and oxygen atoms in total. The van der Waals surface area contributed by atoms with Crippen molar-refractivity contribution in [3.05, 3.63) is 0 Å². The molecule has 0 saturated heterocycles. The third kappa shape index (κ3) is 6.12. The highest BCUT2D eigenvalue weighted by Crippen LogP contribution is 2.25. The molecular formula is I2OS2. The van der Waals surface area contributed by atoms with Crippen LogP contribution in [0.1, 0.15) is 0 Å². The summed E-state index contributed by atoms with van der Waals surface area (Å²) in [5, 5.41) is 0. The zero-order valence-corrected chi connectivity index (χ0v) is 7.93. The van der Waals surface area contributed by atoms with Crippen molar-refractivity contribution in [3.63, 3.8) is 0 Å². The molecule has 0 aromatic heterocycles. The van der Waals surface area contributed by atoms with Gasteiger partial charge in [-0.05, 0) is 0 Å². The molecule has 0 aliphatic carbocycles. The number of hydrogen-bond acceptors (Lipinski definition) is 3. The van der Waals surface area contributed by atoms with Crippen LogP contribution in [-0.4, -0.2) is 0 Å². The molecule has 0 aromatic rings. The van der Waals surface area contributed by atoms with Crippen LogP contribution in [0, 0.1) is 0 Å². The molecule has 0 unspecified atom stereocenters. The van der Waals surface area contributed by atoms with E-state index in [0.29, 0.717) is 0 Å². The molecule has 0 aliphatic rings. The van der Waals surface area contributed by atoms with Gasteiger partial charge in [0.2, 0.25) is 0 Å². The molecule has 32 valence electrons. The van der Waals surface area contributed by atoms with E-state index in [9.17, 15) is 0 Å². The maximum atomic E-state index is 4.64. The quantitative estimate of drug-likeness (QED) is 0.568. The van der Waals surface area contributed by atoms with Gasteiger partial charge in [-0.3, -0.25) is 0 Å². The molecule has 0 N–H and O–H groups in total. The summed E-state index contributed by atoms with van der Waals surface area (Å²) in [7, 11) is 2.65. The molecule has 0 spiro atoms. The van der Waals surface area contributed by atoms with E-state index in [1.165, 1.54) is 18.4 Å². The molecule has 0 saturated carbocycles. The van der Waals surface area contributed by atoms with Gasteiger partial charge in [0.05, 0.1) is 18.4 Å². The lowest BCUT2D eigenvalue weighted by Crippen LogP contribution is -1.35. The van der Waals surface area contributed by atoms with Crippen molar-refractivity contribution in [1.82, 2.24) is 0 Å². The first kappa shape index (κ1) is 7.12. The van der Waals surface area contributed by atoms with Gasteiger partial charge in [0.25, 0.3) is 0 Å². The van der Waals surface area contributed by atoms with Gasteiger partial charge < -0.3 is 0 Å². The van der Waals surface area contributed by atoms with Gasteiger partial charge in [-0.1, -0.05) is 0 Å². The van der Waals surface area contributed by atoms with Gasteiger partial charge >= 0.3 is 0 Å². The lowest BCUT2D eigenvalue weighted by atomic mass is 15.9. The van der Waals surface area contributed by atoms with E-state index < -0.39 is 0 Å². The Labute approximate surface area is 63.6 Å². The third-order valence-corrected chi connectivity index (χ3v) is 3.11. The summed E-state index contributed by atoms with van der Waals surface area (Å²) < 4.78 is 4.64. The molecule has 0 aliphatic heterocycles. The summed E-state index contributed by atoms with van der Waals surface area (Å²) >= 11 is 4.11. The Hall–Kier alpha value is 2.12. The highest BCUT2D eigenvalue weighted by Gasteiger charge is 1.71. The van der Waals surface area contributed by atoms with E-state index in [4.69, 9.17) is 0 Å². The van der Waals surface area contributed by atoms with Crippen LogP contribution >= 0.6 is 60.8 Å². The smallest absolute Gasteiger partial charge is 0.0816 e. The van der Waals surface area contributed by atoms with E-state index >= 15 is 0 Å². The van der Waals surface area contributed by atoms with E-state index in [1.54, 1.807) is 0 Å². The highest BCUT2D eigenvalue weighted by molar-refractivity contribution is 14.2. The standard InChI is InChI=1S/I2OS2/c1-4-3-5-2. The summed E-state index contributed by atoms with van der Waals surface area (Å²) in [6, 6.07) is 0. The minimum atomic E-state index is 1.33. The van der Waals surface area contributed by atoms with Crippen LogP contribution in [0.3, 0.4) is 0 Å². The first-order chi connectivity index (χ1) is 2.41.